The maximum absolute atomic E-state index is 10.8. The van der Waals surface area contributed by atoms with Crippen molar-refractivity contribution in [3.05, 3.63) is 0 Å². The summed E-state index contributed by atoms with van der Waals surface area (Å²) in [6.07, 6.45) is -10.2. The predicted molar refractivity (Wildman–Crippen MR) is 28.5 cm³/mol. The molecule has 0 saturated carbocycles. The van der Waals surface area contributed by atoms with Crippen LogP contribution in [0.1, 0.15) is 0 Å². The van der Waals surface area contributed by atoms with Gasteiger partial charge < -0.3 is 5.11 Å². The number of aliphatic carboxylic acids is 1. The number of carboxylic acids is 1. The van der Waals surface area contributed by atoms with E-state index in [-0.39, 0.29) is 0 Å². The minimum Gasteiger partial charge on any atom is -0.475 e. The Morgan fingerprint density at radius 1 is 0.933 bits per heavy atom. The third-order valence-electron chi connectivity index (χ3n) is 0.557. The molecule has 0 saturated heterocycles. The molecule has 5 nitrogen and oxygen atoms in total. The molecule has 0 aliphatic heterocycles. The van der Waals surface area contributed by atoms with Crippen molar-refractivity contribution in [3.63, 3.8) is 0 Å². The van der Waals surface area contributed by atoms with E-state index in [1.54, 1.807) is 0 Å². The molecule has 0 aromatic rings. The molecule has 0 atom stereocenters. The Kier molecular flexibility index (Phi) is 5.72. The summed E-state index contributed by atoms with van der Waals surface area (Å²) >= 11 is 0. The van der Waals surface area contributed by atoms with Crippen LogP contribution in [0, 0.1) is 0 Å². The van der Waals surface area contributed by atoms with Gasteiger partial charge in [-0.3, -0.25) is 4.89 Å². The minimum atomic E-state index is -5.10. The summed E-state index contributed by atoms with van der Waals surface area (Å²) < 4.78 is 64.2. The fourth-order valence-electron chi connectivity index (χ4n) is 0.0518. The number of carboxylic acid groups (broad SMARTS) is 1. The number of hydrogen-bond acceptors (Lipinski definition) is 4. The van der Waals surface area contributed by atoms with E-state index in [1.807, 2.05) is 0 Å². The largest absolute Gasteiger partial charge is 0.494 e. The van der Waals surface area contributed by atoms with Gasteiger partial charge in [0.15, 0.2) is 0 Å². The monoisotopic (exact) mass is 244 g/mol. The van der Waals surface area contributed by atoms with Crippen LogP contribution in [0.4, 0.5) is 26.3 Å². The molecule has 0 heterocycles. The van der Waals surface area contributed by atoms with Gasteiger partial charge in [-0.25, -0.2) is 9.59 Å². The molecule has 0 aliphatic rings. The molecular weight excluding hydrogens is 242 g/mol. The summed E-state index contributed by atoms with van der Waals surface area (Å²) in [5.41, 5.74) is 0. The lowest BCUT2D eigenvalue weighted by atomic mass is 10.7. The lowest BCUT2D eigenvalue weighted by Gasteiger charge is -1.97. The number of hydrogen-bond donors (Lipinski definition) is 2. The first-order valence-electron chi connectivity index (χ1n) is 2.65. The SMILES string of the molecule is O=C(O)C(F)(F)F.O=C(OO)C(F)(F)F. The molecule has 11 heteroatoms. The van der Waals surface area contributed by atoms with Crippen molar-refractivity contribution in [1.29, 1.82) is 0 Å². The van der Waals surface area contributed by atoms with Gasteiger partial charge in [-0.1, -0.05) is 0 Å². The Balaban J connectivity index is 0. The van der Waals surface area contributed by atoms with Crippen LogP contribution >= 0.6 is 0 Å². The second kappa shape index (κ2) is 5.38. The quantitative estimate of drug-likeness (QED) is 0.380. The fourth-order valence-corrected chi connectivity index (χ4v) is 0.0518. The third-order valence-corrected chi connectivity index (χ3v) is 0.557. The van der Waals surface area contributed by atoms with E-state index < -0.39 is 24.3 Å². The van der Waals surface area contributed by atoms with Crippen molar-refractivity contribution in [2.45, 2.75) is 12.4 Å². The van der Waals surface area contributed by atoms with E-state index in [4.69, 9.17) is 15.2 Å². The van der Waals surface area contributed by atoms with E-state index in [0.717, 1.165) is 0 Å². The maximum Gasteiger partial charge on any atom is 0.494 e. The molecule has 0 rings (SSSR count). The van der Waals surface area contributed by atoms with Gasteiger partial charge in [0.25, 0.3) is 0 Å². The second-order valence-corrected chi connectivity index (χ2v) is 1.68. The summed E-state index contributed by atoms with van der Waals surface area (Å²) in [5.74, 6) is -5.37. The molecule has 0 fully saturated rings. The Labute approximate surface area is 76.8 Å². The molecule has 0 spiro atoms. The smallest absolute Gasteiger partial charge is 0.475 e. The van der Waals surface area contributed by atoms with Crippen LogP contribution in [0.5, 0.6) is 0 Å². The van der Waals surface area contributed by atoms with Crippen molar-refractivity contribution in [3.8, 4) is 0 Å². The lowest BCUT2D eigenvalue weighted by Crippen LogP contribution is -2.23. The topological polar surface area (TPSA) is 83.8 Å². The molecule has 0 amide bonds. The molecule has 0 aromatic carbocycles. The number of carbonyl (C=O) groups is 2. The molecule has 15 heavy (non-hydrogen) atoms. The molecule has 0 bridgehead atoms. The maximum atomic E-state index is 10.8. The van der Waals surface area contributed by atoms with Crippen molar-refractivity contribution >= 4 is 11.9 Å². The zero-order valence-electron chi connectivity index (χ0n) is 6.39. The summed E-state index contributed by atoms with van der Waals surface area (Å²) in [4.78, 5) is 20.5. The first-order chi connectivity index (χ1) is 6.42. The summed E-state index contributed by atoms with van der Waals surface area (Å²) in [7, 11) is 0. The standard InChI is InChI=1S/C2HF3O3.C2HF3O2/c3-2(4,5)1(6)8-7;3-2(4,5)1(6)7/h7H;(H,6,7). The van der Waals surface area contributed by atoms with E-state index in [0.29, 0.717) is 0 Å². The molecule has 0 radical (unpaired) electrons. The van der Waals surface area contributed by atoms with E-state index in [2.05, 4.69) is 4.89 Å². The zero-order valence-corrected chi connectivity index (χ0v) is 6.39. The fraction of sp³-hybridized carbons (Fsp3) is 0.500. The van der Waals surface area contributed by atoms with Crippen LogP contribution in [0.15, 0.2) is 0 Å². The van der Waals surface area contributed by atoms with Gasteiger partial charge in [0, 0.05) is 0 Å². The normalized spacial score (nSPS) is 11.1. The van der Waals surface area contributed by atoms with Gasteiger partial charge in [0.05, 0.1) is 0 Å². The van der Waals surface area contributed by atoms with Gasteiger partial charge in [0.2, 0.25) is 0 Å². The molecule has 0 aliphatic carbocycles. The molecule has 2 N–H and O–H groups in total. The Hall–Kier alpha value is -1.52. The van der Waals surface area contributed by atoms with Crippen LogP contribution in [0.3, 0.4) is 0 Å². The molecular formula is C4H2F6O5. The first kappa shape index (κ1) is 15.9. The van der Waals surface area contributed by atoms with Crippen LogP contribution in [0.25, 0.3) is 0 Å². The van der Waals surface area contributed by atoms with E-state index >= 15 is 0 Å². The Morgan fingerprint density at radius 3 is 1.20 bits per heavy atom. The number of carbonyl (C=O) groups excluding carboxylic acids is 1. The van der Waals surface area contributed by atoms with Crippen molar-refractivity contribution in [2.24, 2.45) is 0 Å². The number of alkyl halides is 6. The average Bonchev–Trinajstić information content (AvgIpc) is 2.00. The van der Waals surface area contributed by atoms with Crippen molar-refractivity contribution in [2.75, 3.05) is 0 Å². The average molecular weight is 244 g/mol. The van der Waals surface area contributed by atoms with Gasteiger partial charge in [-0.2, -0.15) is 31.6 Å². The van der Waals surface area contributed by atoms with Crippen molar-refractivity contribution < 1.29 is 51.2 Å². The van der Waals surface area contributed by atoms with Gasteiger partial charge in [-0.15, -0.1) is 0 Å². The molecule has 90 valence electrons. The third kappa shape index (κ3) is 8.80. The Bertz CT molecular complexity index is 229. The highest BCUT2D eigenvalue weighted by molar-refractivity contribution is 5.74. The van der Waals surface area contributed by atoms with Crippen LogP contribution in [-0.2, 0) is 14.5 Å². The summed E-state index contributed by atoms with van der Waals surface area (Å²) in [5, 5.41) is 14.2. The minimum absolute atomic E-state index is 2.35. The summed E-state index contributed by atoms with van der Waals surface area (Å²) in [6, 6.07) is 0. The zero-order chi connectivity index (χ0) is 12.9. The predicted octanol–water partition coefficient (Wildman–Crippen LogP) is 1.20. The number of halogens is 6. The number of rotatable bonds is 0. The highest BCUT2D eigenvalue weighted by atomic mass is 19.4. The van der Waals surface area contributed by atoms with Crippen molar-refractivity contribution in [1.82, 2.24) is 0 Å². The van der Waals surface area contributed by atoms with Crippen LogP contribution < -0.4 is 0 Å². The van der Waals surface area contributed by atoms with Crippen LogP contribution in [-0.4, -0.2) is 34.7 Å². The highest BCUT2D eigenvalue weighted by Crippen LogP contribution is 2.15. The van der Waals surface area contributed by atoms with Gasteiger partial charge in [-0.05, 0) is 0 Å². The molecule has 0 unspecified atom stereocenters. The summed E-state index contributed by atoms with van der Waals surface area (Å²) in [6.45, 7) is 0. The second-order valence-electron chi connectivity index (χ2n) is 1.68. The Morgan fingerprint density at radius 2 is 1.20 bits per heavy atom. The van der Waals surface area contributed by atoms with E-state index in [1.165, 1.54) is 0 Å². The lowest BCUT2D eigenvalue weighted by molar-refractivity contribution is -0.272. The highest BCUT2D eigenvalue weighted by Gasteiger charge is 2.41. The van der Waals surface area contributed by atoms with E-state index in [9.17, 15) is 31.1 Å². The van der Waals surface area contributed by atoms with Crippen LogP contribution in [0.2, 0.25) is 0 Å². The molecule has 0 aromatic heterocycles. The van der Waals surface area contributed by atoms with Gasteiger partial charge >= 0.3 is 24.3 Å². The first-order valence-corrected chi connectivity index (χ1v) is 2.65. The van der Waals surface area contributed by atoms with Gasteiger partial charge in [0.1, 0.15) is 0 Å².